The summed E-state index contributed by atoms with van der Waals surface area (Å²) in [6.07, 6.45) is -0.325. The third kappa shape index (κ3) is 3.73. The monoisotopic (exact) mass is 365 g/mol. The van der Waals surface area contributed by atoms with Crippen molar-refractivity contribution in [2.75, 3.05) is 0 Å². The Hall–Kier alpha value is -2.29. The second-order valence-corrected chi connectivity index (χ2v) is 9.73. The molecular weight excluding hydrogens is 334 g/mol. The molecule has 0 saturated heterocycles. The van der Waals surface area contributed by atoms with Crippen LogP contribution in [0.15, 0.2) is 36.4 Å². The van der Waals surface area contributed by atoms with E-state index in [1.54, 1.807) is 4.57 Å². The van der Waals surface area contributed by atoms with Gasteiger partial charge in [0, 0.05) is 10.8 Å². The van der Waals surface area contributed by atoms with Crippen LogP contribution in [-0.4, -0.2) is 16.3 Å². The van der Waals surface area contributed by atoms with Crippen LogP contribution in [0.4, 0.5) is 4.79 Å². The molecule has 0 radical (unpaired) electrons. The number of rotatable bonds is 1. The van der Waals surface area contributed by atoms with Gasteiger partial charge in [-0.1, -0.05) is 58.9 Å². The second kappa shape index (κ2) is 6.40. The van der Waals surface area contributed by atoms with Gasteiger partial charge in [-0.2, -0.15) is 0 Å². The molecule has 1 aromatic heterocycles. The molecule has 0 saturated carbocycles. The average Bonchev–Trinajstić information content (AvgIpc) is 2.85. The molecule has 1 heterocycles. The Morgan fingerprint density at radius 1 is 0.889 bits per heavy atom. The van der Waals surface area contributed by atoms with Crippen molar-refractivity contribution in [3.8, 4) is 0 Å². The zero-order chi connectivity index (χ0) is 20.1. The normalized spacial score (nSPS) is 12.9. The van der Waals surface area contributed by atoms with E-state index >= 15 is 0 Å². The van der Waals surface area contributed by atoms with E-state index in [0.29, 0.717) is 5.92 Å². The van der Waals surface area contributed by atoms with Gasteiger partial charge in [0.2, 0.25) is 0 Å². The van der Waals surface area contributed by atoms with Crippen molar-refractivity contribution < 1.29 is 9.53 Å². The summed E-state index contributed by atoms with van der Waals surface area (Å²) >= 11 is 0. The van der Waals surface area contributed by atoms with Gasteiger partial charge in [0.05, 0.1) is 11.0 Å². The highest BCUT2D eigenvalue weighted by Gasteiger charge is 2.24. The number of carbonyl (C=O) groups is 1. The van der Waals surface area contributed by atoms with Crippen LogP contribution in [0.3, 0.4) is 0 Å². The SMILES string of the molecule is CC(C)c1ccc2c3ccc(C(C)(C)C)cc3n(C(=O)OC(C)(C)C)c2c1. The molecule has 27 heavy (non-hydrogen) atoms. The summed E-state index contributed by atoms with van der Waals surface area (Å²) in [7, 11) is 0. The van der Waals surface area contributed by atoms with Gasteiger partial charge in [-0.05, 0) is 55.4 Å². The van der Waals surface area contributed by atoms with Crippen molar-refractivity contribution in [3.05, 3.63) is 47.5 Å². The molecule has 3 nitrogen and oxygen atoms in total. The molecule has 144 valence electrons. The predicted molar refractivity (Wildman–Crippen MR) is 114 cm³/mol. The van der Waals surface area contributed by atoms with Crippen LogP contribution in [-0.2, 0) is 10.2 Å². The number of benzene rings is 2. The first-order valence-electron chi connectivity index (χ1n) is 9.70. The number of fused-ring (bicyclic) bond motifs is 3. The van der Waals surface area contributed by atoms with E-state index in [1.165, 1.54) is 11.1 Å². The lowest BCUT2D eigenvalue weighted by Gasteiger charge is -2.21. The Labute approximate surface area is 162 Å². The molecule has 0 amide bonds. The van der Waals surface area contributed by atoms with E-state index in [1.807, 2.05) is 20.8 Å². The van der Waals surface area contributed by atoms with E-state index in [2.05, 4.69) is 71.0 Å². The second-order valence-electron chi connectivity index (χ2n) is 9.73. The third-order valence-corrected chi connectivity index (χ3v) is 4.90. The van der Waals surface area contributed by atoms with E-state index in [-0.39, 0.29) is 11.5 Å². The van der Waals surface area contributed by atoms with Crippen LogP contribution in [0.5, 0.6) is 0 Å². The summed E-state index contributed by atoms with van der Waals surface area (Å²) in [6, 6.07) is 12.8. The largest absolute Gasteiger partial charge is 0.443 e. The zero-order valence-corrected chi connectivity index (χ0v) is 17.8. The Morgan fingerprint density at radius 3 is 1.96 bits per heavy atom. The summed E-state index contributed by atoms with van der Waals surface area (Å²) in [6.45, 7) is 16.6. The Balaban J connectivity index is 2.36. The van der Waals surface area contributed by atoms with Crippen molar-refractivity contribution in [2.45, 2.75) is 72.3 Å². The fourth-order valence-electron chi connectivity index (χ4n) is 3.37. The maximum absolute atomic E-state index is 13.1. The molecule has 0 spiro atoms. The maximum Gasteiger partial charge on any atom is 0.419 e. The minimum absolute atomic E-state index is 0.00645. The van der Waals surface area contributed by atoms with Crippen molar-refractivity contribution in [2.24, 2.45) is 0 Å². The molecule has 0 N–H and O–H groups in total. The molecule has 0 aliphatic carbocycles. The van der Waals surface area contributed by atoms with Crippen molar-refractivity contribution in [1.82, 2.24) is 4.57 Å². The molecular formula is C24H31NO2. The van der Waals surface area contributed by atoms with E-state index in [0.717, 1.165) is 21.8 Å². The summed E-state index contributed by atoms with van der Waals surface area (Å²) < 4.78 is 7.50. The smallest absolute Gasteiger partial charge is 0.419 e. The molecule has 3 rings (SSSR count). The van der Waals surface area contributed by atoms with Crippen LogP contribution in [0.2, 0.25) is 0 Å². The molecule has 3 heteroatoms. The molecule has 2 aromatic carbocycles. The number of nitrogens with zero attached hydrogens (tertiary/aromatic N) is 1. The highest BCUT2D eigenvalue weighted by atomic mass is 16.6. The number of carbonyl (C=O) groups excluding carboxylic acids is 1. The van der Waals surface area contributed by atoms with Crippen LogP contribution in [0.25, 0.3) is 21.8 Å². The minimum Gasteiger partial charge on any atom is -0.443 e. The van der Waals surface area contributed by atoms with Gasteiger partial charge < -0.3 is 4.74 Å². The van der Waals surface area contributed by atoms with Gasteiger partial charge >= 0.3 is 6.09 Å². The van der Waals surface area contributed by atoms with Gasteiger partial charge in [0.1, 0.15) is 5.60 Å². The van der Waals surface area contributed by atoms with Crippen LogP contribution in [0.1, 0.15) is 72.4 Å². The van der Waals surface area contributed by atoms with Crippen LogP contribution in [0, 0.1) is 0 Å². The van der Waals surface area contributed by atoms with Gasteiger partial charge in [-0.3, -0.25) is 0 Å². The predicted octanol–water partition coefficient (Wildman–Crippen LogP) is 7.00. The highest BCUT2D eigenvalue weighted by Crippen LogP contribution is 2.35. The Kier molecular flexibility index (Phi) is 4.62. The lowest BCUT2D eigenvalue weighted by atomic mass is 9.86. The average molecular weight is 366 g/mol. The number of aromatic nitrogens is 1. The first-order valence-corrected chi connectivity index (χ1v) is 9.70. The third-order valence-electron chi connectivity index (χ3n) is 4.90. The first-order chi connectivity index (χ1) is 12.4. The highest BCUT2D eigenvalue weighted by molar-refractivity contribution is 6.12. The van der Waals surface area contributed by atoms with Gasteiger partial charge in [0.15, 0.2) is 0 Å². The summed E-state index contributed by atoms with van der Waals surface area (Å²) in [5, 5.41) is 2.17. The number of ether oxygens (including phenoxy) is 1. The standard InChI is InChI=1S/C24H31NO2/c1-15(2)16-9-11-18-19-12-10-17(23(3,4)5)14-21(19)25(20(18)13-16)22(26)27-24(6,7)8/h9-15H,1-8H3. The van der Waals surface area contributed by atoms with Crippen molar-refractivity contribution in [1.29, 1.82) is 0 Å². The van der Waals surface area contributed by atoms with E-state index in [9.17, 15) is 4.79 Å². The fraction of sp³-hybridized carbons (Fsp3) is 0.458. The van der Waals surface area contributed by atoms with E-state index in [4.69, 9.17) is 4.74 Å². The molecule has 3 aromatic rings. The van der Waals surface area contributed by atoms with Gasteiger partial charge in [0.25, 0.3) is 0 Å². The molecule has 0 aliphatic rings. The maximum atomic E-state index is 13.1. The lowest BCUT2D eigenvalue weighted by molar-refractivity contribution is 0.0551. The zero-order valence-electron chi connectivity index (χ0n) is 17.8. The molecule has 0 atom stereocenters. The first kappa shape index (κ1) is 19.5. The topological polar surface area (TPSA) is 31.2 Å². The Morgan fingerprint density at radius 2 is 1.44 bits per heavy atom. The molecule has 0 aliphatic heterocycles. The summed E-state index contributed by atoms with van der Waals surface area (Å²) in [5.74, 6) is 0.393. The summed E-state index contributed by atoms with van der Waals surface area (Å²) in [4.78, 5) is 13.1. The van der Waals surface area contributed by atoms with Gasteiger partial charge in [-0.25, -0.2) is 9.36 Å². The number of hydrogen-bond acceptors (Lipinski definition) is 2. The van der Waals surface area contributed by atoms with E-state index < -0.39 is 5.60 Å². The summed E-state index contributed by atoms with van der Waals surface area (Å²) in [5.41, 5.74) is 3.70. The molecule has 0 unspecified atom stereocenters. The molecule has 0 fully saturated rings. The quantitative estimate of drug-likeness (QED) is 0.465. The minimum atomic E-state index is -0.544. The lowest BCUT2D eigenvalue weighted by Crippen LogP contribution is -2.27. The van der Waals surface area contributed by atoms with Crippen molar-refractivity contribution >= 4 is 27.9 Å². The number of hydrogen-bond donors (Lipinski definition) is 0. The Bertz CT molecular complexity index is 1010. The van der Waals surface area contributed by atoms with Crippen LogP contribution < -0.4 is 0 Å². The fourth-order valence-corrected chi connectivity index (χ4v) is 3.37. The van der Waals surface area contributed by atoms with Gasteiger partial charge in [-0.15, -0.1) is 0 Å². The van der Waals surface area contributed by atoms with Crippen molar-refractivity contribution in [3.63, 3.8) is 0 Å². The van der Waals surface area contributed by atoms with Crippen LogP contribution >= 0.6 is 0 Å². The molecule has 0 bridgehead atoms.